The molecule has 0 amide bonds. The van der Waals surface area contributed by atoms with E-state index in [0.717, 1.165) is 8.61 Å². The first kappa shape index (κ1) is 13.1. The van der Waals surface area contributed by atoms with E-state index >= 15 is 0 Å². The molecule has 17 heavy (non-hydrogen) atoms. The molecule has 2 aliphatic rings. The zero-order valence-electron chi connectivity index (χ0n) is 8.67. The predicted octanol–water partition coefficient (Wildman–Crippen LogP) is -2.39. The Balaban J connectivity index is 2.14. The Bertz CT molecular complexity index is 444. The highest BCUT2D eigenvalue weighted by atomic mass is 32.2. The largest absolute Gasteiger partial charge is 0.338 e. The van der Waals surface area contributed by atoms with Gasteiger partial charge in [-0.25, -0.2) is 0 Å². The summed E-state index contributed by atoms with van der Waals surface area (Å²) in [5, 5.41) is 0. The summed E-state index contributed by atoms with van der Waals surface area (Å²) >= 11 is 0. The van der Waals surface area contributed by atoms with Crippen LogP contribution in [0, 0.1) is 0 Å². The van der Waals surface area contributed by atoms with E-state index in [1.165, 1.54) is 9.80 Å². The van der Waals surface area contributed by atoms with Crippen LogP contribution in [0.2, 0.25) is 0 Å². The number of nitrogens with zero attached hydrogens (tertiary/aromatic N) is 4. The Kier molecular flexibility index (Phi) is 3.16. The van der Waals surface area contributed by atoms with E-state index in [1.54, 1.807) is 0 Å². The molecule has 0 aromatic carbocycles. The van der Waals surface area contributed by atoms with Gasteiger partial charge in [0.2, 0.25) is 0 Å². The highest BCUT2D eigenvalue weighted by molar-refractivity contribution is 7.83. The van der Waals surface area contributed by atoms with Gasteiger partial charge in [0.05, 0.1) is 33.3 Å². The minimum atomic E-state index is -4.30. The van der Waals surface area contributed by atoms with Crippen LogP contribution in [-0.2, 0) is 20.6 Å². The molecule has 2 bridgehead atoms. The molecule has 0 atom stereocenters. The van der Waals surface area contributed by atoms with Gasteiger partial charge >= 0.3 is 20.6 Å². The highest BCUT2D eigenvalue weighted by Crippen LogP contribution is 2.17. The van der Waals surface area contributed by atoms with Crippen molar-refractivity contribution >= 4 is 20.6 Å². The minimum absolute atomic E-state index is 0.124. The maximum Gasteiger partial charge on any atom is 0.338 e. The predicted molar refractivity (Wildman–Crippen MR) is 54.8 cm³/mol. The summed E-state index contributed by atoms with van der Waals surface area (Å²) in [5.41, 5.74) is 0. The quantitative estimate of drug-likeness (QED) is 0.540. The lowest BCUT2D eigenvalue weighted by atomic mass is 10.5. The molecule has 100 valence electrons. The molecule has 0 aromatic rings. The summed E-state index contributed by atoms with van der Waals surface area (Å²) in [6.45, 7) is -0.122. The van der Waals surface area contributed by atoms with Crippen molar-refractivity contribution in [1.29, 1.82) is 0 Å². The van der Waals surface area contributed by atoms with Crippen LogP contribution in [-0.4, -0.2) is 77.7 Å². The summed E-state index contributed by atoms with van der Waals surface area (Å²) in [6, 6.07) is 0. The monoisotopic (exact) mass is 288 g/mol. The number of hydrogen-bond donors (Lipinski definition) is 2. The van der Waals surface area contributed by atoms with Crippen LogP contribution in [0.25, 0.3) is 0 Å². The first-order valence-electron chi connectivity index (χ1n) is 4.56. The van der Waals surface area contributed by atoms with Gasteiger partial charge in [-0.2, -0.15) is 25.4 Å². The summed E-state index contributed by atoms with van der Waals surface area (Å²) in [5.74, 6) is 0. The fourth-order valence-corrected chi connectivity index (χ4v) is 3.06. The molecule has 2 heterocycles. The highest BCUT2D eigenvalue weighted by Gasteiger charge is 2.38. The molecule has 12 heteroatoms. The Hall–Kier alpha value is -0.340. The van der Waals surface area contributed by atoms with E-state index in [9.17, 15) is 16.8 Å². The lowest BCUT2D eigenvalue weighted by molar-refractivity contribution is -0.0713. The summed E-state index contributed by atoms with van der Waals surface area (Å²) in [4.78, 5) is 2.91. The topological polar surface area (TPSA) is 122 Å². The van der Waals surface area contributed by atoms with E-state index in [0.29, 0.717) is 6.67 Å². The first-order chi connectivity index (χ1) is 7.66. The van der Waals surface area contributed by atoms with Crippen molar-refractivity contribution in [1.82, 2.24) is 18.4 Å². The van der Waals surface area contributed by atoms with E-state index in [-0.39, 0.29) is 26.7 Å². The van der Waals surface area contributed by atoms with Crippen molar-refractivity contribution in [2.24, 2.45) is 0 Å². The van der Waals surface area contributed by atoms with Crippen LogP contribution in [0.1, 0.15) is 0 Å². The van der Waals surface area contributed by atoms with Crippen molar-refractivity contribution in [3.63, 3.8) is 0 Å². The number of hydrogen-bond acceptors (Lipinski definition) is 6. The lowest BCUT2D eigenvalue weighted by Gasteiger charge is -2.46. The molecule has 0 radical (unpaired) electrons. The van der Waals surface area contributed by atoms with Crippen LogP contribution in [0.15, 0.2) is 0 Å². The maximum absolute atomic E-state index is 10.9. The third kappa shape index (κ3) is 2.92. The van der Waals surface area contributed by atoms with Crippen molar-refractivity contribution in [2.75, 3.05) is 33.3 Å². The Morgan fingerprint density at radius 3 is 1.18 bits per heavy atom. The fourth-order valence-electron chi connectivity index (χ4n) is 1.82. The van der Waals surface area contributed by atoms with Gasteiger partial charge in [0, 0.05) is 0 Å². The standard InChI is InChI=1S/C5H12N4O6S2/c10-16(11,12)8-2-6-1-7(4-8)5-9(3-6)17(13,14)15/h1-5H2,(H,10,11,12)(H,13,14,15). The molecular weight excluding hydrogens is 276 g/mol. The summed E-state index contributed by atoms with van der Waals surface area (Å²) in [7, 11) is -8.60. The molecule has 2 saturated heterocycles. The van der Waals surface area contributed by atoms with Gasteiger partial charge in [0.15, 0.2) is 0 Å². The van der Waals surface area contributed by atoms with E-state index in [4.69, 9.17) is 9.11 Å². The average Bonchev–Trinajstić information content (AvgIpc) is 2.13. The van der Waals surface area contributed by atoms with E-state index in [1.807, 2.05) is 0 Å². The van der Waals surface area contributed by atoms with Gasteiger partial charge in [0.1, 0.15) is 0 Å². The van der Waals surface area contributed by atoms with Crippen LogP contribution >= 0.6 is 0 Å². The van der Waals surface area contributed by atoms with Crippen LogP contribution < -0.4 is 0 Å². The maximum atomic E-state index is 10.9. The van der Waals surface area contributed by atoms with Crippen LogP contribution in [0.4, 0.5) is 0 Å². The van der Waals surface area contributed by atoms with Gasteiger partial charge in [0.25, 0.3) is 0 Å². The zero-order valence-corrected chi connectivity index (χ0v) is 10.3. The van der Waals surface area contributed by atoms with E-state index < -0.39 is 20.6 Å². The lowest BCUT2D eigenvalue weighted by Crippen LogP contribution is -2.65. The molecular formula is C5H12N4O6S2. The molecule has 0 unspecified atom stereocenters. The third-order valence-corrected chi connectivity index (χ3v) is 4.25. The molecule has 2 N–H and O–H groups in total. The van der Waals surface area contributed by atoms with E-state index in [2.05, 4.69) is 0 Å². The summed E-state index contributed by atoms with van der Waals surface area (Å²) in [6.07, 6.45) is 0. The first-order valence-corrected chi connectivity index (χ1v) is 7.35. The molecule has 0 spiro atoms. The Morgan fingerprint density at radius 1 is 0.647 bits per heavy atom. The van der Waals surface area contributed by atoms with Crippen molar-refractivity contribution in [2.45, 2.75) is 0 Å². The zero-order chi connectivity index (χ0) is 12.8. The molecule has 10 nitrogen and oxygen atoms in total. The van der Waals surface area contributed by atoms with Crippen molar-refractivity contribution in [3.05, 3.63) is 0 Å². The SMILES string of the molecule is O=S(=O)(O)N1CN2CN(C1)CN(S(=O)(=O)O)C2. The second kappa shape index (κ2) is 4.10. The van der Waals surface area contributed by atoms with Crippen molar-refractivity contribution < 1.29 is 25.9 Å². The van der Waals surface area contributed by atoms with Crippen LogP contribution in [0.3, 0.4) is 0 Å². The van der Waals surface area contributed by atoms with Crippen LogP contribution in [0.5, 0.6) is 0 Å². The minimum Gasteiger partial charge on any atom is -0.273 e. The van der Waals surface area contributed by atoms with Gasteiger partial charge in [-0.3, -0.25) is 18.9 Å². The molecule has 2 fully saturated rings. The molecule has 0 saturated carbocycles. The fraction of sp³-hybridized carbons (Fsp3) is 1.00. The number of fused-ring (bicyclic) bond motifs is 2. The third-order valence-electron chi connectivity index (χ3n) is 2.48. The second-order valence-electron chi connectivity index (χ2n) is 3.91. The average molecular weight is 288 g/mol. The Morgan fingerprint density at radius 2 is 0.941 bits per heavy atom. The smallest absolute Gasteiger partial charge is 0.273 e. The molecule has 0 aromatic heterocycles. The van der Waals surface area contributed by atoms with Gasteiger partial charge in [-0.05, 0) is 0 Å². The van der Waals surface area contributed by atoms with Gasteiger partial charge in [-0.15, -0.1) is 0 Å². The number of rotatable bonds is 2. The van der Waals surface area contributed by atoms with Gasteiger partial charge < -0.3 is 0 Å². The summed E-state index contributed by atoms with van der Waals surface area (Å²) < 4.78 is 63.2. The Labute approximate surface area is 98.8 Å². The molecule has 2 aliphatic heterocycles. The normalized spacial score (nSPS) is 32.6. The van der Waals surface area contributed by atoms with Gasteiger partial charge in [-0.1, -0.05) is 0 Å². The molecule has 0 aliphatic carbocycles. The molecule has 2 rings (SSSR count). The van der Waals surface area contributed by atoms with Crippen molar-refractivity contribution in [3.8, 4) is 0 Å². The second-order valence-corrected chi connectivity index (χ2v) is 6.73.